The highest BCUT2D eigenvalue weighted by molar-refractivity contribution is 9.10. The third-order valence-electron chi connectivity index (χ3n) is 2.46. The summed E-state index contributed by atoms with van der Waals surface area (Å²) in [4.78, 5) is 0. The van der Waals surface area contributed by atoms with Crippen LogP contribution in [0.5, 0.6) is 0 Å². The molecule has 90 valence electrons. The second kappa shape index (κ2) is 4.88. The SMILES string of the molecule is Cn1ncc(Br)c1C(O)c1ccc(F)c(Br)c1. The van der Waals surface area contributed by atoms with Gasteiger partial charge in [-0.25, -0.2) is 4.39 Å². The van der Waals surface area contributed by atoms with E-state index in [9.17, 15) is 9.50 Å². The van der Waals surface area contributed by atoms with Crippen LogP contribution in [0.2, 0.25) is 0 Å². The highest BCUT2D eigenvalue weighted by Gasteiger charge is 2.18. The summed E-state index contributed by atoms with van der Waals surface area (Å²) in [6, 6.07) is 4.41. The van der Waals surface area contributed by atoms with Crippen LogP contribution in [0.4, 0.5) is 4.39 Å². The largest absolute Gasteiger partial charge is 0.382 e. The molecule has 1 aromatic heterocycles. The molecule has 1 heterocycles. The molecule has 17 heavy (non-hydrogen) atoms. The van der Waals surface area contributed by atoms with E-state index in [4.69, 9.17) is 0 Å². The zero-order valence-electron chi connectivity index (χ0n) is 8.86. The number of aliphatic hydroxyl groups excluding tert-OH is 1. The zero-order valence-corrected chi connectivity index (χ0v) is 12.0. The van der Waals surface area contributed by atoms with Crippen LogP contribution in [0, 0.1) is 5.82 Å². The summed E-state index contributed by atoms with van der Waals surface area (Å²) >= 11 is 6.41. The molecule has 0 saturated heterocycles. The van der Waals surface area contributed by atoms with E-state index in [-0.39, 0.29) is 5.82 Å². The Kier molecular flexibility index (Phi) is 3.65. The van der Waals surface area contributed by atoms with Crippen LogP contribution in [0.15, 0.2) is 33.3 Å². The van der Waals surface area contributed by atoms with Gasteiger partial charge in [0, 0.05) is 7.05 Å². The first kappa shape index (κ1) is 12.7. The second-order valence-corrected chi connectivity index (χ2v) is 5.29. The van der Waals surface area contributed by atoms with Gasteiger partial charge in [0.2, 0.25) is 0 Å². The van der Waals surface area contributed by atoms with E-state index in [1.807, 2.05) is 0 Å². The summed E-state index contributed by atoms with van der Waals surface area (Å²) in [6.45, 7) is 0. The molecule has 2 aromatic rings. The van der Waals surface area contributed by atoms with E-state index in [2.05, 4.69) is 37.0 Å². The van der Waals surface area contributed by atoms with Crippen LogP contribution in [-0.2, 0) is 7.05 Å². The molecule has 1 atom stereocenters. The number of aromatic nitrogens is 2. The molecule has 2 rings (SSSR count). The first-order valence-corrected chi connectivity index (χ1v) is 6.39. The fraction of sp³-hybridized carbons (Fsp3) is 0.182. The van der Waals surface area contributed by atoms with Crippen molar-refractivity contribution in [1.82, 2.24) is 9.78 Å². The van der Waals surface area contributed by atoms with Gasteiger partial charge in [-0.05, 0) is 49.6 Å². The van der Waals surface area contributed by atoms with E-state index >= 15 is 0 Å². The number of aryl methyl sites for hydroxylation is 1. The number of benzene rings is 1. The van der Waals surface area contributed by atoms with Crippen molar-refractivity contribution in [3.05, 3.63) is 50.4 Å². The molecule has 0 radical (unpaired) electrons. The molecule has 0 spiro atoms. The Morgan fingerprint density at radius 2 is 2.06 bits per heavy atom. The smallest absolute Gasteiger partial charge is 0.137 e. The molecule has 0 aliphatic carbocycles. The molecule has 0 amide bonds. The molecule has 0 saturated carbocycles. The highest BCUT2D eigenvalue weighted by atomic mass is 79.9. The van der Waals surface area contributed by atoms with Gasteiger partial charge in [-0.2, -0.15) is 5.10 Å². The number of nitrogens with zero attached hydrogens (tertiary/aromatic N) is 2. The van der Waals surface area contributed by atoms with E-state index in [1.54, 1.807) is 30.1 Å². The van der Waals surface area contributed by atoms with Gasteiger partial charge < -0.3 is 5.11 Å². The monoisotopic (exact) mass is 362 g/mol. The lowest BCUT2D eigenvalue weighted by molar-refractivity contribution is 0.209. The van der Waals surface area contributed by atoms with Crippen molar-refractivity contribution in [3.63, 3.8) is 0 Å². The number of rotatable bonds is 2. The molecular formula is C11H9Br2FN2O. The van der Waals surface area contributed by atoms with Crippen LogP contribution in [0.25, 0.3) is 0 Å². The van der Waals surface area contributed by atoms with Crippen molar-refractivity contribution in [2.45, 2.75) is 6.10 Å². The summed E-state index contributed by atoms with van der Waals surface area (Å²) in [6.07, 6.45) is 0.755. The summed E-state index contributed by atoms with van der Waals surface area (Å²) in [7, 11) is 1.74. The average Bonchev–Trinajstić information content (AvgIpc) is 2.62. The highest BCUT2D eigenvalue weighted by Crippen LogP contribution is 2.29. The van der Waals surface area contributed by atoms with Crippen molar-refractivity contribution in [3.8, 4) is 0 Å². The van der Waals surface area contributed by atoms with Crippen LogP contribution in [-0.4, -0.2) is 14.9 Å². The van der Waals surface area contributed by atoms with E-state index in [0.29, 0.717) is 20.2 Å². The minimum absolute atomic E-state index is 0.326. The Morgan fingerprint density at radius 3 is 2.59 bits per heavy atom. The normalized spacial score (nSPS) is 12.8. The van der Waals surface area contributed by atoms with E-state index in [1.165, 1.54) is 6.07 Å². The van der Waals surface area contributed by atoms with E-state index in [0.717, 1.165) is 0 Å². The molecular weight excluding hydrogens is 355 g/mol. The van der Waals surface area contributed by atoms with Gasteiger partial charge in [0.05, 0.1) is 20.8 Å². The summed E-state index contributed by atoms with van der Waals surface area (Å²) in [5, 5.41) is 14.3. The Labute approximate surface area is 115 Å². The number of aliphatic hydroxyl groups is 1. The van der Waals surface area contributed by atoms with Crippen LogP contribution < -0.4 is 0 Å². The zero-order chi connectivity index (χ0) is 12.6. The van der Waals surface area contributed by atoms with Crippen molar-refractivity contribution < 1.29 is 9.50 Å². The third kappa shape index (κ3) is 2.43. The molecule has 0 bridgehead atoms. The Morgan fingerprint density at radius 1 is 1.35 bits per heavy atom. The Bertz CT molecular complexity index is 537. The molecule has 0 aliphatic rings. The van der Waals surface area contributed by atoms with Gasteiger partial charge in [0.15, 0.2) is 0 Å². The van der Waals surface area contributed by atoms with Crippen molar-refractivity contribution in [2.24, 2.45) is 7.05 Å². The summed E-state index contributed by atoms with van der Waals surface area (Å²) in [5.74, 6) is -0.356. The molecule has 1 aromatic carbocycles. The summed E-state index contributed by atoms with van der Waals surface area (Å²) < 4.78 is 15.7. The van der Waals surface area contributed by atoms with E-state index < -0.39 is 6.10 Å². The van der Waals surface area contributed by atoms with Crippen molar-refractivity contribution in [2.75, 3.05) is 0 Å². The maximum Gasteiger partial charge on any atom is 0.137 e. The number of hydrogen-bond acceptors (Lipinski definition) is 2. The maximum absolute atomic E-state index is 13.1. The standard InChI is InChI=1S/C11H9Br2FN2O/c1-16-10(8(13)5-15-16)11(17)6-2-3-9(14)7(12)4-6/h2-5,11,17H,1H3. The van der Waals surface area contributed by atoms with Gasteiger partial charge in [-0.3, -0.25) is 4.68 Å². The minimum Gasteiger partial charge on any atom is -0.382 e. The fourth-order valence-corrected chi connectivity index (χ4v) is 2.53. The van der Waals surface area contributed by atoms with Crippen LogP contribution in [0.3, 0.4) is 0 Å². The molecule has 3 nitrogen and oxygen atoms in total. The third-order valence-corrected chi connectivity index (χ3v) is 3.67. The maximum atomic E-state index is 13.1. The Hall–Kier alpha value is -0.720. The predicted molar refractivity (Wildman–Crippen MR) is 69.1 cm³/mol. The topological polar surface area (TPSA) is 38.0 Å². The Balaban J connectivity index is 2.43. The lowest BCUT2D eigenvalue weighted by Gasteiger charge is -2.12. The minimum atomic E-state index is -0.853. The first-order chi connectivity index (χ1) is 8.00. The predicted octanol–water partition coefficient (Wildman–Crippen LogP) is 3.17. The molecule has 0 fully saturated rings. The lowest BCUT2D eigenvalue weighted by atomic mass is 10.1. The molecule has 0 aliphatic heterocycles. The van der Waals surface area contributed by atoms with Gasteiger partial charge in [0.25, 0.3) is 0 Å². The van der Waals surface area contributed by atoms with Crippen molar-refractivity contribution in [1.29, 1.82) is 0 Å². The lowest BCUT2D eigenvalue weighted by Crippen LogP contribution is -2.07. The van der Waals surface area contributed by atoms with Crippen LogP contribution >= 0.6 is 31.9 Å². The molecule has 1 unspecified atom stereocenters. The number of hydrogen-bond donors (Lipinski definition) is 1. The van der Waals surface area contributed by atoms with Gasteiger partial charge in [0.1, 0.15) is 11.9 Å². The van der Waals surface area contributed by atoms with Crippen LogP contribution in [0.1, 0.15) is 17.4 Å². The average molecular weight is 364 g/mol. The van der Waals surface area contributed by atoms with Crippen molar-refractivity contribution >= 4 is 31.9 Å². The molecule has 1 N–H and O–H groups in total. The van der Waals surface area contributed by atoms with Gasteiger partial charge in [-0.1, -0.05) is 6.07 Å². The first-order valence-electron chi connectivity index (χ1n) is 4.81. The second-order valence-electron chi connectivity index (χ2n) is 3.58. The number of halogens is 3. The van der Waals surface area contributed by atoms with Gasteiger partial charge >= 0.3 is 0 Å². The summed E-state index contributed by atoms with van der Waals surface area (Å²) in [5.41, 5.74) is 1.23. The quantitative estimate of drug-likeness (QED) is 0.889. The molecule has 6 heteroatoms. The fourth-order valence-electron chi connectivity index (χ4n) is 1.57. The van der Waals surface area contributed by atoms with Gasteiger partial charge in [-0.15, -0.1) is 0 Å².